The zero-order chi connectivity index (χ0) is 15.7. The van der Waals surface area contributed by atoms with Gasteiger partial charge in [-0.15, -0.1) is 0 Å². The van der Waals surface area contributed by atoms with Crippen LogP contribution in [0.4, 0.5) is 0 Å². The van der Waals surface area contributed by atoms with E-state index in [1.807, 2.05) is 0 Å². The minimum Gasteiger partial charge on any atom is -0.301 e. The number of hydrogen-bond acceptors (Lipinski definition) is 2. The first-order chi connectivity index (χ1) is 10.5. The summed E-state index contributed by atoms with van der Waals surface area (Å²) in [5.41, 5.74) is 3.37. The van der Waals surface area contributed by atoms with Crippen LogP contribution in [-0.4, -0.2) is 34.5 Å². The van der Waals surface area contributed by atoms with E-state index in [1.54, 1.807) is 0 Å². The first-order valence-electron chi connectivity index (χ1n) is 9.01. The van der Waals surface area contributed by atoms with Crippen LogP contribution in [0.3, 0.4) is 0 Å². The van der Waals surface area contributed by atoms with E-state index in [9.17, 15) is 0 Å². The van der Waals surface area contributed by atoms with Gasteiger partial charge in [-0.1, -0.05) is 24.3 Å². The zero-order valence-electron chi connectivity index (χ0n) is 14.8. The van der Waals surface area contributed by atoms with Gasteiger partial charge in [-0.05, 0) is 77.1 Å². The SMILES string of the molecule is CC(C)N1CCC(CC(C)(C)N2Cc3ccccc3C2)CC1. The van der Waals surface area contributed by atoms with E-state index in [4.69, 9.17) is 0 Å². The van der Waals surface area contributed by atoms with Crippen molar-refractivity contribution in [2.75, 3.05) is 13.1 Å². The summed E-state index contributed by atoms with van der Waals surface area (Å²) in [6, 6.07) is 9.66. The second kappa shape index (κ2) is 6.33. The van der Waals surface area contributed by atoms with Gasteiger partial charge in [-0.2, -0.15) is 0 Å². The predicted molar refractivity (Wildman–Crippen MR) is 93.8 cm³/mol. The van der Waals surface area contributed by atoms with Gasteiger partial charge in [0.05, 0.1) is 0 Å². The fourth-order valence-electron chi connectivity index (χ4n) is 4.27. The fraction of sp³-hybridized carbons (Fsp3) is 0.700. The van der Waals surface area contributed by atoms with Gasteiger partial charge in [0.1, 0.15) is 0 Å². The molecule has 1 saturated heterocycles. The Hall–Kier alpha value is -0.860. The van der Waals surface area contributed by atoms with Gasteiger partial charge >= 0.3 is 0 Å². The molecule has 0 N–H and O–H groups in total. The highest BCUT2D eigenvalue weighted by Crippen LogP contribution is 2.35. The summed E-state index contributed by atoms with van der Waals surface area (Å²) in [6.07, 6.45) is 4.09. The lowest BCUT2D eigenvalue weighted by Crippen LogP contribution is -2.45. The van der Waals surface area contributed by atoms with Gasteiger partial charge in [-0.25, -0.2) is 0 Å². The van der Waals surface area contributed by atoms with Crippen LogP contribution in [0.1, 0.15) is 58.1 Å². The van der Waals surface area contributed by atoms with Gasteiger partial charge in [-0.3, -0.25) is 4.90 Å². The van der Waals surface area contributed by atoms with Gasteiger partial charge in [0.15, 0.2) is 0 Å². The summed E-state index contributed by atoms with van der Waals surface area (Å²) >= 11 is 0. The quantitative estimate of drug-likeness (QED) is 0.818. The minimum absolute atomic E-state index is 0.309. The van der Waals surface area contributed by atoms with Crippen molar-refractivity contribution in [1.82, 2.24) is 9.80 Å². The lowest BCUT2D eigenvalue weighted by Gasteiger charge is -2.41. The Labute approximate surface area is 136 Å². The number of piperidine rings is 1. The smallest absolute Gasteiger partial charge is 0.0245 e. The average molecular weight is 300 g/mol. The lowest BCUT2D eigenvalue weighted by atomic mass is 9.83. The van der Waals surface area contributed by atoms with Crippen LogP contribution < -0.4 is 0 Å². The fourth-order valence-corrected chi connectivity index (χ4v) is 4.27. The van der Waals surface area contributed by atoms with Crippen LogP contribution in [0.5, 0.6) is 0 Å². The summed E-state index contributed by atoms with van der Waals surface area (Å²) in [6.45, 7) is 14.4. The molecular formula is C20H32N2. The predicted octanol–water partition coefficient (Wildman–Crippen LogP) is 4.29. The second-order valence-electron chi connectivity index (χ2n) is 8.21. The molecule has 0 amide bonds. The Kier molecular flexibility index (Phi) is 4.61. The van der Waals surface area contributed by atoms with E-state index in [-0.39, 0.29) is 0 Å². The summed E-state index contributed by atoms with van der Waals surface area (Å²) in [5.74, 6) is 0.897. The third kappa shape index (κ3) is 3.38. The number of nitrogens with zero attached hydrogens (tertiary/aromatic N) is 2. The number of fused-ring (bicyclic) bond motifs is 1. The van der Waals surface area contributed by atoms with Crippen LogP contribution in [0.2, 0.25) is 0 Å². The highest BCUT2D eigenvalue weighted by Gasteiger charge is 2.34. The molecule has 0 aromatic heterocycles. The molecule has 2 heterocycles. The average Bonchev–Trinajstić information content (AvgIpc) is 2.92. The van der Waals surface area contributed by atoms with Crippen LogP contribution in [0.15, 0.2) is 24.3 Å². The summed E-state index contributed by atoms with van der Waals surface area (Å²) in [4.78, 5) is 5.32. The van der Waals surface area contributed by atoms with Crippen molar-refractivity contribution in [3.63, 3.8) is 0 Å². The van der Waals surface area contributed by atoms with Crippen molar-refractivity contribution < 1.29 is 0 Å². The van der Waals surface area contributed by atoms with E-state index in [0.29, 0.717) is 11.6 Å². The van der Waals surface area contributed by atoms with Gasteiger partial charge in [0, 0.05) is 24.7 Å². The van der Waals surface area contributed by atoms with Crippen molar-refractivity contribution in [2.45, 2.75) is 71.6 Å². The normalized spacial score (nSPS) is 21.5. The van der Waals surface area contributed by atoms with E-state index < -0.39 is 0 Å². The van der Waals surface area contributed by atoms with Crippen molar-refractivity contribution in [2.24, 2.45) is 5.92 Å². The minimum atomic E-state index is 0.309. The number of hydrogen-bond donors (Lipinski definition) is 0. The molecule has 2 aliphatic rings. The highest BCUT2D eigenvalue weighted by atomic mass is 15.2. The number of rotatable bonds is 4. The number of benzene rings is 1. The molecule has 0 unspecified atom stereocenters. The molecule has 1 aromatic rings. The number of likely N-dealkylation sites (tertiary alicyclic amines) is 1. The Balaban J connectivity index is 1.56. The Morgan fingerprint density at radius 3 is 2.09 bits per heavy atom. The maximum Gasteiger partial charge on any atom is 0.0245 e. The van der Waals surface area contributed by atoms with Crippen molar-refractivity contribution in [3.8, 4) is 0 Å². The van der Waals surface area contributed by atoms with Gasteiger partial charge < -0.3 is 4.90 Å². The molecule has 0 spiro atoms. The first-order valence-corrected chi connectivity index (χ1v) is 9.01. The molecule has 2 nitrogen and oxygen atoms in total. The zero-order valence-corrected chi connectivity index (χ0v) is 14.8. The van der Waals surface area contributed by atoms with Gasteiger partial charge in [0.2, 0.25) is 0 Å². The van der Waals surface area contributed by atoms with Crippen molar-refractivity contribution in [3.05, 3.63) is 35.4 Å². The second-order valence-corrected chi connectivity index (χ2v) is 8.21. The van der Waals surface area contributed by atoms with E-state index in [1.165, 1.54) is 43.5 Å². The Morgan fingerprint density at radius 1 is 1.05 bits per heavy atom. The monoisotopic (exact) mass is 300 g/mol. The maximum absolute atomic E-state index is 2.69. The lowest BCUT2D eigenvalue weighted by molar-refractivity contribution is 0.0657. The van der Waals surface area contributed by atoms with E-state index >= 15 is 0 Å². The van der Waals surface area contributed by atoms with Gasteiger partial charge in [0.25, 0.3) is 0 Å². The largest absolute Gasteiger partial charge is 0.301 e. The molecule has 1 aromatic carbocycles. The van der Waals surface area contributed by atoms with Crippen molar-refractivity contribution >= 4 is 0 Å². The molecule has 0 aliphatic carbocycles. The standard InChI is InChI=1S/C20H32N2/c1-16(2)21-11-9-17(10-12-21)13-20(3,4)22-14-18-7-5-6-8-19(18)15-22/h5-8,16-17H,9-15H2,1-4H3. The molecule has 0 atom stereocenters. The third-order valence-corrected chi connectivity index (χ3v) is 5.86. The van der Waals surface area contributed by atoms with Crippen LogP contribution in [0, 0.1) is 5.92 Å². The van der Waals surface area contributed by atoms with Crippen LogP contribution in [-0.2, 0) is 13.1 Å². The summed E-state index contributed by atoms with van der Waals surface area (Å²) in [5, 5.41) is 0. The van der Waals surface area contributed by atoms with Crippen LogP contribution >= 0.6 is 0 Å². The summed E-state index contributed by atoms with van der Waals surface area (Å²) < 4.78 is 0. The molecule has 2 aliphatic heterocycles. The third-order valence-electron chi connectivity index (χ3n) is 5.86. The Morgan fingerprint density at radius 2 is 1.59 bits per heavy atom. The molecule has 22 heavy (non-hydrogen) atoms. The molecule has 1 fully saturated rings. The molecule has 2 heteroatoms. The van der Waals surface area contributed by atoms with Crippen molar-refractivity contribution in [1.29, 1.82) is 0 Å². The molecule has 3 rings (SSSR count). The first kappa shape index (κ1) is 16.0. The molecule has 122 valence electrons. The molecule has 0 saturated carbocycles. The topological polar surface area (TPSA) is 6.48 Å². The molecular weight excluding hydrogens is 268 g/mol. The van der Waals surface area contributed by atoms with Crippen LogP contribution in [0.25, 0.3) is 0 Å². The molecule has 0 radical (unpaired) electrons. The van der Waals surface area contributed by atoms with E-state index in [0.717, 1.165) is 19.0 Å². The Bertz CT molecular complexity index is 473. The summed E-state index contributed by atoms with van der Waals surface area (Å²) in [7, 11) is 0. The van der Waals surface area contributed by atoms with E-state index in [2.05, 4.69) is 61.8 Å². The highest BCUT2D eigenvalue weighted by molar-refractivity contribution is 5.30. The maximum atomic E-state index is 2.69. The molecule has 0 bridgehead atoms.